The highest BCUT2D eigenvalue weighted by molar-refractivity contribution is 7.90. The minimum atomic E-state index is -1.45. The third-order valence-electron chi connectivity index (χ3n) is 2.89. The summed E-state index contributed by atoms with van der Waals surface area (Å²) in [7, 11) is 1.20. The molecular weight excluding hydrogens is 334 g/mol. The van der Waals surface area contributed by atoms with Crippen molar-refractivity contribution in [2.45, 2.75) is 77.9 Å². The molecule has 0 saturated carbocycles. The standard InChI is InChI=1S/C16H31NO6S/c1-10(2)11(17-24(20)16(6,7)8)12(13(18)21-9)22-14(19)23-15(3,4)5/h10-12,17H,1-9H3/t11-,12+,24?/m1/s1. The third-order valence-corrected chi connectivity index (χ3v) is 4.49. The smallest absolute Gasteiger partial charge is 0.509 e. The van der Waals surface area contributed by atoms with Crippen LogP contribution in [0, 0.1) is 5.92 Å². The van der Waals surface area contributed by atoms with Crippen molar-refractivity contribution in [3.8, 4) is 0 Å². The normalized spacial score (nSPS) is 16.3. The fraction of sp³-hybridized carbons (Fsp3) is 0.875. The van der Waals surface area contributed by atoms with Crippen LogP contribution in [0.15, 0.2) is 0 Å². The second-order valence-corrected chi connectivity index (χ2v) is 9.79. The van der Waals surface area contributed by atoms with Gasteiger partial charge in [-0.25, -0.2) is 9.59 Å². The van der Waals surface area contributed by atoms with Crippen LogP contribution < -0.4 is 4.72 Å². The van der Waals surface area contributed by atoms with Crippen molar-refractivity contribution < 1.29 is 28.4 Å². The molecule has 0 radical (unpaired) electrons. The lowest BCUT2D eigenvalue weighted by Gasteiger charge is -2.32. The van der Waals surface area contributed by atoms with Gasteiger partial charge in [0.05, 0.1) is 7.11 Å². The van der Waals surface area contributed by atoms with E-state index in [1.165, 1.54) is 7.11 Å². The zero-order valence-corrected chi connectivity index (χ0v) is 16.9. The highest BCUT2D eigenvalue weighted by atomic mass is 32.2. The van der Waals surface area contributed by atoms with Gasteiger partial charge in [-0.05, 0) is 47.5 Å². The summed E-state index contributed by atoms with van der Waals surface area (Å²) in [4.78, 5) is 24.0. The van der Waals surface area contributed by atoms with Crippen LogP contribution in [0.3, 0.4) is 0 Å². The van der Waals surface area contributed by atoms with Crippen molar-refractivity contribution in [2.75, 3.05) is 7.11 Å². The van der Waals surface area contributed by atoms with Crippen molar-refractivity contribution in [1.82, 2.24) is 4.72 Å². The summed E-state index contributed by atoms with van der Waals surface area (Å²) in [5.74, 6) is -0.888. The predicted molar refractivity (Wildman–Crippen MR) is 92.8 cm³/mol. The lowest BCUT2D eigenvalue weighted by Crippen LogP contribution is -2.55. The molecule has 0 bridgehead atoms. The van der Waals surface area contributed by atoms with Crippen molar-refractivity contribution in [3.63, 3.8) is 0 Å². The summed E-state index contributed by atoms with van der Waals surface area (Å²) in [6, 6.07) is -0.690. The van der Waals surface area contributed by atoms with Gasteiger partial charge in [-0.15, -0.1) is 4.72 Å². The molecule has 0 aromatic carbocycles. The number of hydrogen-bond donors (Lipinski definition) is 1. The number of rotatable bonds is 6. The zero-order valence-electron chi connectivity index (χ0n) is 16.1. The maximum Gasteiger partial charge on any atom is 0.509 e. The van der Waals surface area contributed by atoms with E-state index in [-0.39, 0.29) is 5.92 Å². The molecule has 24 heavy (non-hydrogen) atoms. The number of carbonyl (C=O) groups excluding carboxylic acids is 2. The van der Waals surface area contributed by atoms with E-state index in [0.29, 0.717) is 0 Å². The molecule has 1 unspecified atom stereocenters. The highest BCUT2D eigenvalue weighted by Gasteiger charge is 2.41. The number of hydrogen-bond acceptors (Lipinski definition) is 7. The number of methoxy groups -OCH3 is 1. The summed E-state index contributed by atoms with van der Waals surface area (Å²) in [6.07, 6.45) is -2.25. The minimum absolute atomic E-state index is 0.150. The summed E-state index contributed by atoms with van der Waals surface area (Å²) < 4.78 is 29.7. The fourth-order valence-corrected chi connectivity index (χ4v) is 2.61. The van der Waals surface area contributed by atoms with Crippen LogP contribution in [0.4, 0.5) is 4.79 Å². The lowest BCUT2D eigenvalue weighted by molar-refractivity contribution is -0.155. The molecule has 0 aliphatic carbocycles. The van der Waals surface area contributed by atoms with Gasteiger partial charge in [-0.3, -0.25) is 0 Å². The Morgan fingerprint density at radius 3 is 1.92 bits per heavy atom. The van der Waals surface area contributed by atoms with E-state index in [1.807, 2.05) is 13.8 Å². The van der Waals surface area contributed by atoms with Crippen LogP contribution in [-0.2, 0) is 30.4 Å². The van der Waals surface area contributed by atoms with Crippen molar-refractivity contribution in [3.05, 3.63) is 0 Å². The van der Waals surface area contributed by atoms with E-state index in [0.717, 1.165) is 0 Å². The molecule has 1 N–H and O–H groups in total. The predicted octanol–water partition coefficient (Wildman–Crippen LogP) is 2.56. The van der Waals surface area contributed by atoms with Crippen LogP contribution in [0.1, 0.15) is 55.4 Å². The van der Waals surface area contributed by atoms with Crippen LogP contribution in [0.5, 0.6) is 0 Å². The molecule has 0 heterocycles. The van der Waals surface area contributed by atoms with Crippen molar-refractivity contribution in [2.24, 2.45) is 5.92 Å². The first-order chi connectivity index (χ1) is 10.7. The Labute approximate surface area is 148 Å². The van der Waals surface area contributed by atoms with Crippen molar-refractivity contribution in [1.29, 1.82) is 0 Å². The molecule has 0 fully saturated rings. The number of esters is 1. The number of ether oxygens (including phenoxy) is 3. The first kappa shape index (κ1) is 23.0. The molecule has 0 aromatic rings. The molecule has 0 amide bonds. The maximum absolute atomic E-state index is 12.4. The van der Waals surface area contributed by atoms with Gasteiger partial charge < -0.3 is 18.8 Å². The van der Waals surface area contributed by atoms with Gasteiger partial charge in [-0.2, -0.15) is 0 Å². The number of carbonyl (C=O) groups is 2. The molecule has 0 aliphatic rings. The molecule has 0 aliphatic heterocycles. The van der Waals surface area contributed by atoms with Gasteiger partial charge in [0.15, 0.2) is 0 Å². The number of nitrogens with one attached hydrogen (secondary N) is 1. The van der Waals surface area contributed by atoms with Gasteiger partial charge >= 0.3 is 12.1 Å². The molecule has 0 rings (SSSR count). The summed E-state index contributed by atoms with van der Waals surface area (Å²) >= 11 is -1.45. The molecule has 3 atom stereocenters. The van der Waals surface area contributed by atoms with E-state index in [2.05, 4.69) is 4.72 Å². The Morgan fingerprint density at radius 1 is 1.08 bits per heavy atom. The summed E-state index contributed by atoms with van der Waals surface area (Å²) in [5, 5.41) is 0. The van der Waals surface area contributed by atoms with Gasteiger partial charge in [0.2, 0.25) is 6.10 Å². The highest BCUT2D eigenvalue weighted by Crippen LogP contribution is 2.20. The Balaban J connectivity index is 5.34. The maximum atomic E-state index is 12.4. The van der Waals surface area contributed by atoms with E-state index in [4.69, 9.17) is 14.2 Å². The Morgan fingerprint density at radius 2 is 1.58 bits per heavy atom. The largest absolute Gasteiger partial charge is 0.598 e. The Kier molecular flexibility index (Phi) is 8.55. The quantitative estimate of drug-likeness (QED) is 0.570. The second kappa shape index (κ2) is 8.92. The average molecular weight is 365 g/mol. The van der Waals surface area contributed by atoms with Gasteiger partial charge in [0.1, 0.15) is 16.4 Å². The lowest BCUT2D eigenvalue weighted by atomic mass is 9.99. The first-order valence-corrected chi connectivity index (χ1v) is 8.99. The van der Waals surface area contributed by atoms with Gasteiger partial charge in [0, 0.05) is 11.4 Å². The first-order valence-electron chi connectivity index (χ1n) is 7.84. The van der Waals surface area contributed by atoms with Gasteiger partial charge in [0.25, 0.3) is 0 Å². The molecule has 0 aromatic heterocycles. The van der Waals surface area contributed by atoms with E-state index >= 15 is 0 Å². The second-order valence-electron chi connectivity index (χ2n) is 7.79. The SMILES string of the molecule is COC(=O)[C@@H](OC(=O)OC(C)(C)C)[C@H](N[S+]([O-])C(C)(C)C)C(C)C. The fourth-order valence-electron chi connectivity index (χ4n) is 1.61. The molecule has 7 nitrogen and oxygen atoms in total. The van der Waals surface area contributed by atoms with Crippen LogP contribution in [0.2, 0.25) is 0 Å². The Hall–Kier alpha value is -0.990. The van der Waals surface area contributed by atoms with Crippen molar-refractivity contribution >= 4 is 23.5 Å². The van der Waals surface area contributed by atoms with Crippen LogP contribution in [0.25, 0.3) is 0 Å². The zero-order chi connectivity index (χ0) is 19.3. The topological polar surface area (TPSA) is 96.9 Å². The molecular formula is C16H31NO6S. The molecule has 0 spiro atoms. The summed E-state index contributed by atoms with van der Waals surface area (Å²) in [6.45, 7) is 14.1. The van der Waals surface area contributed by atoms with Crippen LogP contribution >= 0.6 is 0 Å². The van der Waals surface area contributed by atoms with Gasteiger partial charge in [-0.1, -0.05) is 13.8 Å². The average Bonchev–Trinajstić information content (AvgIpc) is 2.37. The monoisotopic (exact) mass is 365 g/mol. The molecule has 8 heteroatoms. The Bertz CT molecular complexity index is 427. The third kappa shape index (κ3) is 8.21. The van der Waals surface area contributed by atoms with Crippen LogP contribution in [-0.4, -0.2) is 46.3 Å². The molecule has 142 valence electrons. The minimum Gasteiger partial charge on any atom is -0.598 e. The van der Waals surface area contributed by atoms with E-state index in [1.54, 1.807) is 41.5 Å². The molecule has 0 saturated heterocycles. The summed E-state index contributed by atoms with van der Waals surface area (Å²) in [5.41, 5.74) is -0.757. The van der Waals surface area contributed by atoms with E-state index < -0.39 is 46.0 Å². The van der Waals surface area contributed by atoms with E-state index in [9.17, 15) is 14.1 Å².